The molecule has 1 saturated heterocycles. The lowest BCUT2D eigenvalue weighted by atomic mass is 10.1. The Balaban J connectivity index is 1.84. The summed E-state index contributed by atoms with van der Waals surface area (Å²) in [5, 5.41) is 0.0725. The molecule has 1 aliphatic heterocycles. The van der Waals surface area contributed by atoms with Gasteiger partial charge in [0.1, 0.15) is 11.1 Å². The van der Waals surface area contributed by atoms with Crippen LogP contribution in [-0.2, 0) is 11.3 Å². The maximum Gasteiger partial charge on any atom is 0.234 e. The third kappa shape index (κ3) is 3.51. The summed E-state index contributed by atoms with van der Waals surface area (Å²) in [5.41, 5.74) is 2.21. The Hall–Kier alpha value is -1.59. The number of ether oxygens (including phenoxy) is 1. The van der Waals surface area contributed by atoms with Crippen molar-refractivity contribution in [1.29, 1.82) is 0 Å². The Morgan fingerprint density at radius 3 is 2.65 bits per heavy atom. The predicted octanol–water partition coefficient (Wildman–Crippen LogP) is 4.19. The Kier molecular flexibility index (Phi) is 5.18. The lowest BCUT2D eigenvalue weighted by molar-refractivity contribution is -0.128. The van der Waals surface area contributed by atoms with Gasteiger partial charge < -0.3 is 9.64 Å². The van der Waals surface area contributed by atoms with E-state index < -0.39 is 0 Å². The van der Waals surface area contributed by atoms with E-state index in [4.69, 9.17) is 4.74 Å². The van der Waals surface area contributed by atoms with Gasteiger partial charge in [0.05, 0.1) is 19.4 Å². The first-order valence-electron chi connectivity index (χ1n) is 7.40. The second-order valence-corrected chi connectivity index (χ2v) is 7.22. The molecule has 2 aromatic carbocycles. The number of hydrogen-bond donors (Lipinski definition) is 0. The molecule has 1 atom stereocenters. The zero-order valence-electron chi connectivity index (χ0n) is 13.2. The number of amides is 1. The number of rotatable bonds is 5. The topological polar surface area (TPSA) is 29.5 Å². The van der Waals surface area contributed by atoms with Crippen LogP contribution in [0, 0.1) is 0 Å². The van der Waals surface area contributed by atoms with E-state index in [9.17, 15) is 4.79 Å². The second kappa shape index (κ2) is 7.32. The average Bonchev–Trinajstić information content (AvgIpc) is 2.96. The summed E-state index contributed by atoms with van der Waals surface area (Å²) < 4.78 is 5.41. The van der Waals surface area contributed by atoms with E-state index >= 15 is 0 Å². The molecule has 120 valence electrons. The van der Waals surface area contributed by atoms with E-state index in [1.54, 1.807) is 30.6 Å². The molecule has 1 heterocycles. The van der Waals surface area contributed by atoms with Gasteiger partial charge in [0.25, 0.3) is 0 Å². The molecule has 0 radical (unpaired) electrons. The van der Waals surface area contributed by atoms with Crippen molar-refractivity contribution in [2.24, 2.45) is 0 Å². The fourth-order valence-electron chi connectivity index (χ4n) is 2.69. The standard InChI is InChI=1S/C18H19NO2S2/c1-21-16-6-4-3-5-14(16)11-19-17(20)12-23-18(19)13-7-9-15(22-2)10-8-13/h3-10,18H,11-12H2,1-2H3. The third-order valence-corrected chi connectivity index (χ3v) is 5.90. The summed E-state index contributed by atoms with van der Waals surface area (Å²) >= 11 is 3.41. The van der Waals surface area contributed by atoms with Gasteiger partial charge in [0.15, 0.2) is 0 Å². The minimum atomic E-state index is 0.0725. The van der Waals surface area contributed by atoms with E-state index in [0.29, 0.717) is 12.3 Å². The van der Waals surface area contributed by atoms with Gasteiger partial charge in [0, 0.05) is 10.5 Å². The highest BCUT2D eigenvalue weighted by Gasteiger charge is 2.33. The smallest absolute Gasteiger partial charge is 0.234 e. The SMILES string of the molecule is COc1ccccc1CN1C(=O)CSC1c1ccc(SC)cc1. The van der Waals surface area contributed by atoms with Crippen LogP contribution >= 0.6 is 23.5 Å². The molecule has 3 rings (SSSR count). The third-order valence-electron chi connectivity index (χ3n) is 3.90. The second-order valence-electron chi connectivity index (χ2n) is 5.27. The molecule has 5 heteroatoms. The molecular formula is C18H19NO2S2. The van der Waals surface area contributed by atoms with E-state index in [1.807, 2.05) is 29.2 Å². The summed E-state index contributed by atoms with van der Waals surface area (Å²) in [4.78, 5) is 15.5. The zero-order valence-corrected chi connectivity index (χ0v) is 14.8. The number of para-hydroxylation sites is 1. The first-order chi connectivity index (χ1) is 11.2. The van der Waals surface area contributed by atoms with E-state index in [0.717, 1.165) is 11.3 Å². The maximum absolute atomic E-state index is 12.3. The molecule has 2 aromatic rings. The minimum Gasteiger partial charge on any atom is -0.496 e. The number of nitrogens with zero attached hydrogens (tertiary/aromatic N) is 1. The Morgan fingerprint density at radius 1 is 1.22 bits per heavy atom. The highest BCUT2D eigenvalue weighted by atomic mass is 32.2. The summed E-state index contributed by atoms with van der Waals surface area (Å²) in [6, 6.07) is 16.4. The Labute approximate surface area is 145 Å². The number of carbonyl (C=O) groups is 1. The van der Waals surface area contributed by atoms with Crippen LogP contribution in [0.5, 0.6) is 5.75 Å². The molecule has 0 N–H and O–H groups in total. The first-order valence-corrected chi connectivity index (χ1v) is 9.67. The van der Waals surface area contributed by atoms with Crippen LogP contribution in [0.3, 0.4) is 0 Å². The van der Waals surface area contributed by atoms with Crippen molar-refractivity contribution < 1.29 is 9.53 Å². The number of benzene rings is 2. The Morgan fingerprint density at radius 2 is 1.96 bits per heavy atom. The van der Waals surface area contributed by atoms with Crippen molar-refractivity contribution in [3.05, 3.63) is 59.7 Å². The molecule has 0 aromatic heterocycles. The van der Waals surface area contributed by atoms with Crippen LogP contribution in [0.15, 0.2) is 53.4 Å². The fourth-order valence-corrected chi connectivity index (χ4v) is 4.28. The van der Waals surface area contributed by atoms with Gasteiger partial charge in [0.2, 0.25) is 5.91 Å². The summed E-state index contributed by atoms with van der Waals surface area (Å²) in [5.74, 6) is 1.54. The molecule has 1 fully saturated rings. The monoisotopic (exact) mass is 345 g/mol. The van der Waals surface area contributed by atoms with Gasteiger partial charge in [-0.3, -0.25) is 4.79 Å². The zero-order chi connectivity index (χ0) is 16.2. The molecule has 0 spiro atoms. The van der Waals surface area contributed by atoms with Gasteiger partial charge in [-0.25, -0.2) is 0 Å². The van der Waals surface area contributed by atoms with Gasteiger partial charge >= 0.3 is 0 Å². The minimum absolute atomic E-state index is 0.0725. The molecular weight excluding hydrogens is 326 g/mol. The van der Waals surface area contributed by atoms with Crippen molar-refractivity contribution in [2.45, 2.75) is 16.8 Å². The van der Waals surface area contributed by atoms with E-state index in [1.165, 1.54) is 10.5 Å². The van der Waals surface area contributed by atoms with E-state index in [2.05, 4.69) is 30.5 Å². The number of thioether (sulfide) groups is 2. The molecule has 0 bridgehead atoms. The van der Waals surface area contributed by atoms with Crippen molar-refractivity contribution >= 4 is 29.4 Å². The molecule has 1 unspecified atom stereocenters. The van der Waals surface area contributed by atoms with Gasteiger partial charge in [-0.05, 0) is 30.0 Å². The highest BCUT2D eigenvalue weighted by Crippen LogP contribution is 2.40. The van der Waals surface area contributed by atoms with Crippen LogP contribution in [0.25, 0.3) is 0 Å². The number of carbonyl (C=O) groups excluding carboxylic acids is 1. The van der Waals surface area contributed by atoms with Gasteiger partial charge in [-0.1, -0.05) is 30.3 Å². The Bertz CT molecular complexity index is 688. The van der Waals surface area contributed by atoms with Crippen molar-refractivity contribution in [3.63, 3.8) is 0 Å². The van der Waals surface area contributed by atoms with Crippen molar-refractivity contribution in [1.82, 2.24) is 4.90 Å². The summed E-state index contributed by atoms with van der Waals surface area (Å²) in [7, 11) is 1.66. The average molecular weight is 345 g/mol. The van der Waals surface area contributed by atoms with Crippen LogP contribution in [0.2, 0.25) is 0 Å². The van der Waals surface area contributed by atoms with Crippen molar-refractivity contribution in [2.75, 3.05) is 19.1 Å². The summed E-state index contributed by atoms with van der Waals surface area (Å²) in [6.45, 7) is 0.574. The van der Waals surface area contributed by atoms with Gasteiger partial charge in [-0.2, -0.15) is 0 Å². The lowest BCUT2D eigenvalue weighted by Gasteiger charge is -2.25. The molecule has 0 saturated carbocycles. The largest absolute Gasteiger partial charge is 0.496 e. The van der Waals surface area contributed by atoms with E-state index in [-0.39, 0.29) is 11.3 Å². The molecule has 23 heavy (non-hydrogen) atoms. The highest BCUT2D eigenvalue weighted by molar-refractivity contribution is 8.00. The van der Waals surface area contributed by atoms with Gasteiger partial charge in [-0.15, -0.1) is 23.5 Å². The normalized spacial score (nSPS) is 17.6. The number of hydrogen-bond acceptors (Lipinski definition) is 4. The van der Waals surface area contributed by atoms with Crippen LogP contribution in [0.4, 0.5) is 0 Å². The quantitative estimate of drug-likeness (QED) is 0.760. The van der Waals surface area contributed by atoms with Crippen LogP contribution in [-0.4, -0.2) is 29.9 Å². The predicted molar refractivity (Wildman–Crippen MR) is 97.0 cm³/mol. The lowest BCUT2D eigenvalue weighted by Crippen LogP contribution is -2.27. The number of methoxy groups -OCH3 is 1. The molecule has 1 amide bonds. The molecule has 3 nitrogen and oxygen atoms in total. The molecule has 0 aliphatic carbocycles. The maximum atomic E-state index is 12.3. The van der Waals surface area contributed by atoms with Crippen LogP contribution < -0.4 is 4.74 Å². The van der Waals surface area contributed by atoms with Crippen molar-refractivity contribution in [3.8, 4) is 5.75 Å². The molecule has 1 aliphatic rings. The summed E-state index contributed by atoms with van der Waals surface area (Å²) in [6.07, 6.45) is 2.07. The fraction of sp³-hybridized carbons (Fsp3) is 0.278. The first kappa shape index (κ1) is 16.3. The van der Waals surface area contributed by atoms with Crippen LogP contribution in [0.1, 0.15) is 16.5 Å².